The van der Waals surface area contributed by atoms with Crippen molar-refractivity contribution in [3.8, 4) is 5.88 Å². The van der Waals surface area contributed by atoms with Gasteiger partial charge in [0.25, 0.3) is 0 Å². The first-order valence-electron chi connectivity index (χ1n) is 6.36. The Morgan fingerprint density at radius 3 is 2.60 bits per heavy atom. The van der Waals surface area contributed by atoms with Gasteiger partial charge in [-0.2, -0.15) is 0 Å². The van der Waals surface area contributed by atoms with Gasteiger partial charge in [-0.1, -0.05) is 6.07 Å². The van der Waals surface area contributed by atoms with Crippen LogP contribution >= 0.6 is 0 Å². The summed E-state index contributed by atoms with van der Waals surface area (Å²) in [7, 11) is 1.60. The predicted molar refractivity (Wildman–Crippen MR) is 78.0 cm³/mol. The number of hydrogen-bond acceptors (Lipinski definition) is 6. The highest BCUT2D eigenvalue weighted by atomic mass is 16.5. The molecule has 2 aromatic heterocycles. The smallest absolute Gasteiger partial charge is 0.212 e. The molecule has 1 unspecified atom stereocenters. The molecule has 20 heavy (non-hydrogen) atoms. The predicted octanol–water partition coefficient (Wildman–Crippen LogP) is 0.685. The Balaban J connectivity index is 2.01. The van der Waals surface area contributed by atoms with Crippen LogP contribution in [0.25, 0.3) is 0 Å². The van der Waals surface area contributed by atoms with Gasteiger partial charge in [-0.3, -0.25) is 11.3 Å². The highest BCUT2D eigenvalue weighted by Gasteiger charge is 2.10. The molecule has 0 aliphatic carbocycles. The van der Waals surface area contributed by atoms with Crippen LogP contribution in [0.2, 0.25) is 0 Å². The van der Waals surface area contributed by atoms with E-state index >= 15 is 0 Å². The standard InChI is InChI=1S/C14H19N5O/c1-20-14-3-2-11(9-18-14)7-12(19-16)6-10-4-5-17-13(15)8-10/h2-5,8-9,12,19H,6-7,16H2,1H3,(H2,15,17). The molecule has 0 aromatic carbocycles. The van der Waals surface area contributed by atoms with Crippen molar-refractivity contribution in [2.45, 2.75) is 18.9 Å². The number of nitrogens with zero attached hydrogens (tertiary/aromatic N) is 2. The van der Waals surface area contributed by atoms with E-state index < -0.39 is 0 Å². The number of nitrogens with two attached hydrogens (primary N) is 2. The molecule has 0 saturated heterocycles. The molecular formula is C14H19N5O. The van der Waals surface area contributed by atoms with Gasteiger partial charge in [0, 0.05) is 24.5 Å². The molecule has 0 aliphatic heterocycles. The summed E-state index contributed by atoms with van der Waals surface area (Å²) in [6, 6.07) is 7.72. The van der Waals surface area contributed by atoms with E-state index in [1.807, 2.05) is 24.3 Å². The van der Waals surface area contributed by atoms with Crippen LogP contribution in [-0.4, -0.2) is 23.1 Å². The first-order valence-corrected chi connectivity index (χ1v) is 6.36. The maximum atomic E-state index is 5.67. The largest absolute Gasteiger partial charge is 0.481 e. The second-order valence-electron chi connectivity index (χ2n) is 4.57. The number of rotatable bonds is 6. The molecule has 0 amide bonds. The minimum absolute atomic E-state index is 0.104. The number of pyridine rings is 2. The number of nitrogens with one attached hydrogen (secondary N) is 1. The molecule has 2 heterocycles. The zero-order valence-corrected chi connectivity index (χ0v) is 11.4. The normalized spacial score (nSPS) is 12.1. The Kier molecular flexibility index (Phi) is 4.86. The van der Waals surface area contributed by atoms with Crippen molar-refractivity contribution >= 4 is 5.82 Å². The molecular weight excluding hydrogens is 254 g/mol. The van der Waals surface area contributed by atoms with E-state index in [1.54, 1.807) is 19.5 Å². The maximum Gasteiger partial charge on any atom is 0.212 e. The second kappa shape index (κ2) is 6.83. The third-order valence-electron chi connectivity index (χ3n) is 3.05. The number of ether oxygens (including phenoxy) is 1. The van der Waals surface area contributed by atoms with E-state index in [-0.39, 0.29) is 6.04 Å². The Hall–Kier alpha value is -2.18. The summed E-state index contributed by atoms with van der Waals surface area (Å²) >= 11 is 0. The van der Waals surface area contributed by atoms with Crippen molar-refractivity contribution in [1.29, 1.82) is 0 Å². The molecule has 6 nitrogen and oxygen atoms in total. The van der Waals surface area contributed by atoms with Crippen LogP contribution in [0.4, 0.5) is 5.82 Å². The van der Waals surface area contributed by atoms with Gasteiger partial charge in [-0.25, -0.2) is 9.97 Å². The topological polar surface area (TPSA) is 99.1 Å². The molecule has 1 atom stereocenters. The lowest BCUT2D eigenvalue weighted by Gasteiger charge is -2.16. The summed E-state index contributed by atoms with van der Waals surface area (Å²) in [5.74, 6) is 6.74. The third kappa shape index (κ3) is 3.91. The number of hydrogen-bond donors (Lipinski definition) is 3. The van der Waals surface area contributed by atoms with E-state index in [0.717, 1.165) is 24.0 Å². The molecule has 0 saturated carbocycles. The zero-order chi connectivity index (χ0) is 14.4. The summed E-state index contributed by atoms with van der Waals surface area (Å²) in [5.41, 5.74) is 10.7. The summed E-state index contributed by atoms with van der Waals surface area (Å²) in [6.45, 7) is 0. The highest BCUT2D eigenvalue weighted by molar-refractivity contribution is 5.32. The Morgan fingerprint density at radius 2 is 2.00 bits per heavy atom. The fraction of sp³-hybridized carbons (Fsp3) is 0.286. The molecule has 2 rings (SSSR count). The molecule has 0 bridgehead atoms. The van der Waals surface area contributed by atoms with Gasteiger partial charge in [-0.05, 0) is 36.1 Å². The quantitative estimate of drug-likeness (QED) is 0.529. The zero-order valence-electron chi connectivity index (χ0n) is 11.4. The Bertz CT molecular complexity index is 544. The summed E-state index contributed by atoms with van der Waals surface area (Å²) in [4.78, 5) is 8.16. The van der Waals surface area contributed by atoms with Crippen LogP contribution in [0.1, 0.15) is 11.1 Å². The van der Waals surface area contributed by atoms with Crippen molar-refractivity contribution in [2.24, 2.45) is 5.84 Å². The average molecular weight is 273 g/mol. The second-order valence-corrected chi connectivity index (χ2v) is 4.57. The van der Waals surface area contributed by atoms with E-state index in [1.165, 1.54) is 0 Å². The lowest BCUT2D eigenvalue weighted by atomic mass is 10.0. The van der Waals surface area contributed by atoms with Crippen molar-refractivity contribution in [2.75, 3.05) is 12.8 Å². The van der Waals surface area contributed by atoms with Gasteiger partial charge in [0.05, 0.1) is 7.11 Å². The van der Waals surface area contributed by atoms with Crippen LogP contribution in [0.15, 0.2) is 36.7 Å². The fourth-order valence-corrected chi connectivity index (χ4v) is 2.03. The number of aromatic nitrogens is 2. The lowest BCUT2D eigenvalue weighted by molar-refractivity contribution is 0.397. The summed E-state index contributed by atoms with van der Waals surface area (Å²) in [5, 5.41) is 0. The van der Waals surface area contributed by atoms with E-state index in [9.17, 15) is 0 Å². The first kappa shape index (κ1) is 14.2. The van der Waals surface area contributed by atoms with Crippen molar-refractivity contribution < 1.29 is 4.74 Å². The minimum atomic E-state index is 0.104. The van der Waals surface area contributed by atoms with Crippen molar-refractivity contribution in [1.82, 2.24) is 15.4 Å². The molecule has 0 aliphatic rings. The maximum absolute atomic E-state index is 5.67. The van der Waals surface area contributed by atoms with E-state index in [4.69, 9.17) is 16.3 Å². The van der Waals surface area contributed by atoms with Crippen molar-refractivity contribution in [3.63, 3.8) is 0 Å². The highest BCUT2D eigenvalue weighted by Crippen LogP contribution is 2.12. The van der Waals surface area contributed by atoms with Crippen LogP contribution < -0.4 is 21.7 Å². The molecule has 0 spiro atoms. The van der Waals surface area contributed by atoms with Crippen LogP contribution in [0.3, 0.4) is 0 Å². The third-order valence-corrected chi connectivity index (χ3v) is 3.05. The van der Waals surface area contributed by atoms with Crippen LogP contribution in [-0.2, 0) is 12.8 Å². The van der Waals surface area contributed by atoms with Gasteiger partial charge >= 0.3 is 0 Å². The summed E-state index contributed by atoms with van der Waals surface area (Å²) in [6.07, 6.45) is 5.04. The van der Waals surface area contributed by atoms with Gasteiger partial charge in [0.15, 0.2) is 0 Å². The fourth-order valence-electron chi connectivity index (χ4n) is 2.03. The van der Waals surface area contributed by atoms with Crippen molar-refractivity contribution in [3.05, 3.63) is 47.8 Å². The van der Waals surface area contributed by atoms with E-state index in [2.05, 4.69) is 15.4 Å². The molecule has 106 valence electrons. The van der Waals surface area contributed by atoms with Crippen LogP contribution in [0, 0.1) is 0 Å². The Labute approximate surface area is 118 Å². The Morgan fingerprint density at radius 1 is 1.20 bits per heavy atom. The number of nitrogen functional groups attached to an aromatic ring is 1. The van der Waals surface area contributed by atoms with E-state index in [0.29, 0.717) is 11.7 Å². The van der Waals surface area contributed by atoms with Crippen LogP contribution in [0.5, 0.6) is 5.88 Å². The molecule has 0 fully saturated rings. The molecule has 6 heteroatoms. The monoisotopic (exact) mass is 273 g/mol. The number of anilines is 1. The SMILES string of the molecule is COc1ccc(CC(Cc2ccnc(N)c2)NN)cn1. The van der Waals surface area contributed by atoms with Gasteiger partial charge in [0.1, 0.15) is 5.82 Å². The number of hydrazine groups is 1. The molecule has 0 radical (unpaired) electrons. The number of methoxy groups -OCH3 is 1. The molecule has 2 aromatic rings. The molecule has 5 N–H and O–H groups in total. The van der Waals surface area contributed by atoms with Gasteiger partial charge < -0.3 is 10.5 Å². The minimum Gasteiger partial charge on any atom is -0.481 e. The summed E-state index contributed by atoms with van der Waals surface area (Å²) < 4.78 is 5.04. The van der Waals surface area contributed by atoms with Gasteiger partial charge in [0.2, 0.25) is 5.88 Å². The lowest BCUT2D eigenvalue weighted by Crippen LogP contribution is -2.38. The first-order chi connectivity index (χ1) is 9.71. The van der Waals surface area contributed by atoms with Gasteiger partial charge in [-0.15, -0.1) is 0 Å². The average Bonchev–Trinajstić information content (AvgIpc) is 2.47.